The van der Waals surface area contributed by atoms with Crippen LogP contribution in [0.3, 0.4) is 0 Å². The van der Waals surface area contributed by atoms with Gasteiger partial charge in [-0.15, -0.1) is 0 Å². The molecule has 0 aliphatic rings. The van der Waals surface area contributed by atoms with Gasteiger partial charge >= 0.3 is 0 Å². The topological polar surface area (TPSA) is 24.1 Å². The molecule has 0 spiro atoms. The van der Waals surface area contributed by atoms with E-state index in [2.05, 4.69) is 41.8 Å². The van der Waals surface area contributed by atoms with Gasteiger partial charge in [-0.3, -0.25) is 0 Å². The first-order chi connectivity index (χ1) is 12.9. The fourth-order valence-electron chi connectivity index (χ4n) is 3.50. The first kappa shape index (κ1) is 23.0. The number of hydrogen-bond donors (Lipinski definition) is 2. The summed E-state index contributed by atoms with van der Waals surface area (Å²) < 4.78 is 0. The number of benzene rings is 1. The van der Waals surface area contributed by atoms with Crippen molar-refractivity contribution in [2.75, 3.05) is 18.9 Å². The van der Waals surface area contributed by atoms with Crippen LogP contribution in [0, 0.1) is 0 Å². The van der Waals surface area contributed by atoms with E-state index in [9.17, 15) is 0 Å². The van der Waals surface area contributed by atoms with E-state index in [4.69, 9.17) is 0 Å². The van der Waals surface area contributed by atoms with Crippen molar-refractivity contribution in [2.45, 2.75) is 103 Å². The largest absolute Gasteiger partial charge is 0.385 e. The van der Waals surface area contributed by atoms with Gasteiger partial charge in [0.25, 0.3) is 0 Å². The summed E-state index contributed by atoms with van der Waals surface area (Å²) in [5, 5.41) is 6.72. The highest BCUT2D eigenvalue weighted by atomic mass is 14.9. The van der Waals surface area contributed by atoms with Crippen molar-refractivity contribution in [3.8, 4) is 0 Å². The zero-order chi connectivity index (χ0) is 18.7. The van der Waals surface area contributed by atoms with E-state index in [0.29, 0.717) is 0 Å². The summed E-state index contributed by atoms with van der Waals surface area (Å²) in [6.07, 6.45) is 19.9. The zero-order valence-electron chi connectivity index (χ0n) is 17.6. The molecule has 0 atom stereocenters. The minimum absolute atomic E-state index is 0.944. The van der Waals surface area contributed by atoms with Gasteiger partial charge in [-0.1, -0.05) is 103 Å². The van der Waals surface area contributed by atoms with Gasteiger partial charge in [0.2, 0.25) is 0 Å². The molecule has 0 aliphatic carbocycles. The van der Waals surface area contributed by atoms with Crippen LogP contribution in [0.25, 0.3) is 0 Å². The molecule has 0 aliphatic heterocycles. The second-order valence-electron chi connectivity index (χ2n) is 7.75. The van der Waals surface area contributed by atoms with Gasteiger partial charge in [-0.05, 0) is 31.2 Å². The number of rotatable bonds is 18. The first-order valence-electron chi connectivity index (χ1n) is 11.3. The zero-order valence-corrected chi connectivity index (χ0v) is 17.6. The third kappa shape index (κ3) is 13.2. The van der Waals surface area contributed by atoms with E-state index < -0.39 is 0 Å². The summed E-state index contributed by atoms with van der Waals surface area (Å²) in [5.74, 6) is 0. The lowest BCUT2D eigenvalue weighted by Gasteiger charge is -2.07. The molecule has 1 aromatic rings. The molecule has 1 rings (SSSR count). The molecule has 0 saturated heterocycles. The summed E-state index contributed by atoms with van der Waals surface area (Å²) >= 11 is 0. The van der Waals surface area contributed by atoms with E-state index in [1.54, 1.807) is 0 Å². The van der Waals surface area contributed by atoms with Crippen LogP contribution in [0.4, 0.5) is 5.69 Å². The van der Waals surface area contributed by atoms with E-state index >= 15 is 0 Å². The maximum absolute atomic E-state index is 3.54. The lowest BCUT2D eigenvalue weighted by molar-refractivity contribution is 0.537. The van der Waals surface area contributed by atoms with E-state index in [1.807, 2.05) is 7.05 Å². The highest BCUT2D eigenvalue weighted by molar-refractivity contribution is 5.44. The highest BCUT2D eigenvalue weighted by Gasteiger charge is 1.96. The molecule has 0 fully saturated rings. The van der Waals surface area contributed by atoms with Crippen molar-refractivity contribution in [3.63, 3.8) is 0 Å². The fraction of sp³-hybridized carbons (Fsp3) is 0.750. The van der Waals surface area contributed by atoms with Crippen molar-refractivity contribution >= 4 is 5.69 Å². The minimum atomic E-state index is 0.944. The van der Waals surface area contributed by atoms with Gasteiger partial charge in [-0.25, -0.2) is 0 Å². The molecule has 0 radical (unpaired) electrons. The van der Waals surface area contributed by atoms with Crippen LogP contribution in [-0.2, 0) is 6.54 Å². The second kappa shape index (κ2) is 17.4. The fourth-order valence-corrected chi connectivity index (χ4v) is 3.50. The first-order valence-corrected chi connectivity index (χ1v) is 11.3. The molecule has 0 saturated carbocycles. The van der Waals surface area contributed by atoms with E-state index in [-0.39, 0.29) is 0 Å². The summed E-state index contributed by atoms with van der Waals surface area (Å²) in [6.45, 7) is 4.34. The normalized spacial score (nSPS) is 11.0. The van der Waals surface area contributed by atoms with Crippen LogP contribution in [0.2, 0.25) is 0 Å². The molecular formula is C24H44N2. The smallest absolute Gasteiger partial charge is 0.0340 e. The van der Waals surface area contributed by atoms with Crippen molar-refractivity contribution in [3.05, 3.63) is 29.8 Å². The van der Waals surface area contributed by atoms with Gasteiger partial charge in [-0.2, -0.15) is 0 Å². The average Bonchev–Trinajstić information content (AvgIpc) is 2.66. The molecule has 2 nitrogen and oxygen atoms in total. The lowest BCUT2D eigenvalue weighted by Crippen LogP contribution is -2.05. The Labute approximate surface area is 163 Å². The Bertz CT molecular complexity index is 399. The quantitative estimate of drug-likeness (QED) is 0.268. The number of anilines is 1. The summed E-state index contributed by atoms with van der Waals surface area (Å²) in [5.41, 5.74) is 2.59. The third-order valence-corrected chi connectivity index (χ3v) is 5.19. The van der Waals surface area contributed by atoms with Crippen LogP contribution in [0.1, 0.15) is 102 Å². The van der Waals surface area contributed by atoms with Gasteiger partial charge in [0.15, 0.2) is 0 Å². The van der Waals surface area contributed by atoms with Crippen LogP contribution in [0.15, 0.2) is 24.3 Å². The van der Waals surface area contributed by atoms with Crippen LogP contribution < -0.4 is 10.6 Å². The maximum atomic E-state index is 3.54. The average molecular weight is 361 g/mol. The van der Waals surface area contributed by atoms with Crippen LogP contribution in [0.5, 0.6) is 0 Å². The summed E-state index contributed by atoms with van der Waals surface area (Å²) in [6, 6.07) is 8.78. The number of unbranched alkanes of at least 4 members (excludes halogenated alkanes) is 13. The monoisotopic (exact) mass is 360 g/mol. The Balaban J connectivity index is 1.80. The maximum Gasteiger partial charge on any atom is 0.0340 e. The third-order valence-electron chi connectivity index (χ3n) is 5.19. The minimum Gasteiger partial charge on any atom is -0.385 e. The van der Waals surface area contributed by atoms with Crippen molar-refractivity contribution < 1.29 is 0 Å². The van der Waals surface area contributed by atoms with Crippen LogP contribution >= 0.6 is 0 Å². The predicted molar refractivity (Wildman–Crippen MR) is 118 cm³/mol. The molecule has 0 aromatic heterocycles. The molecule has 2 heteroatoms. The molecule has 0 heterocycles. The molecule has 0 amide bonds. The van der Waals surface area contributed by atoms with Crippen molar-refractivity contribution in [2.24, 2.45) is 0 Å². The Morgan fingerprint density at radius 3 is 1.54 bits per heavy atom. The van der Waals surface area contributed by atoms with Gasteiger partial charge < -0.3 is 10.6 Å². The molecule has 0 bridgehead atoms. The van der Waals surface area contributed by atoms with Crippen molar-refractivity contribution in [1.29, 1.82) is 0 Å². The van der Waals surface area contributed by atoms with Gasteiger partial charge in [0.1, 0.15) is 0 Å². The Morgan fingerprint density at radius 2 is 1.08 bits per heavy atom. The molecule has 1 aromatic carbocycles. The lowest BCUT2D eigenvalue weighted by atomic mass is 10.0. The van der Waals surface area contributed by atoms with E-state index in [0.717, 1.165) is 13.1 Å². The summed E-state index contributed by atoms with van der Waals surface area (Å²) in [4.78, 5) is 0. The molecule has 150 valence electrons. The predicted octanol–water partition coefficient (Wildman–Crippen LogP) is 7.30. The molecular weight excluding hydrogens is 316 g/mol. The van der Waals surface area contributed by atoms with E-state index in [1.165, 1.54) is 101 Å². The number of nitrogens with one attached hydrogen (secondary N) is 2. The molecule has 2 N–H and O–H groups in total. The Kier molecular flexibility index (Phi) is 15.4. The summed E-state index contributed by atoms with van der Waals surface area (Å²) in [7, 11) is 1.99. The van der Waals surface area contributed by atoms with Crippen molar-refractivity contribution in [1.82, 2.24) is 5.32 Å². The van der Waals surface area contributed by atoms with Gasteiger partial charge in [0.05, 0.1) is 0 Å². The standard InChI is InChI=1S/C24H44N2/c1-3-4-5-6-7-8-9-10-11-12-13-14-15-16-21-26-24-19-17-23(18-20-24)22-25-2/h17-20,25-26H,3-16,21-22H2,1-2H3. The Hall–Kier alpha value is -1.02. The Morgan fingerprint density at radius 1 is 0.615 bits per heavy atom. The molecule has 0 unspecified atom stereocenters. The number of hydrogen-bond acceptors (Lipinski definition) is 2. The SMILES string of the molecule is CCCCCCCCCCCCCCCCNc1ccc(CNC)cc1. The molecule has 26 heavy (non-hydrogen) atoms. The van der Waals surface area contributed by atoms with Crippen LogP contribution in [-0.4, -0.2) is 13.6 Å². The second-order valence-corrected chi connectivity index (χ2v) is 7.75. The van der Waals surface area contributed by atoms with Gasteiger partial charge in [0, 0.05) is 18.8 Å². The highest BCUT2D eigenvalue weighted by Crippen LogP contribution is 2.13.